The summed E-state index contributed by atoms with van der Waals surface area (Å²) in [6.07, 6.45) is 0. The molecular weight excluding hydrogens is 425 g/mol. The minimum atomic E-state index is -0.458. The number of rotatable bonds is 7. The molecule has 9 heteroatoms. The minimum absolute atomic E-state index is 0.0125. The topological polar surface area (TPSA) is 104 Å². The Labute approximate surface area is 191 Å². The monoisotopic (exact) mass is 449 g/mol. The number of nitrogens with one attached hydrogen (secondary N) is 1. The number of likely N-dealkylation sites (N-methyl/N-ethyl adjacent to an activating group) is 1. The van der Waals surface area contributed by atoms with Crippen LogP contribution in [0, 0.1) is 41.1 Å². The number of halogens is 1. The van der Waals surface area contributed by atoms with E-state index in [1.807, 2.05) is 13.8 Å². The van der Waals surface area contributed by atoms with Gasteiger partial charge in [0.05, 0.1) is 17.0 Å². The van der Waals surface area contributed by atoms with Gasteiger partial charge in [-0.1, -0.05) is 12.1 Å². The van der Waals surface area contributed by atoms with Crippen LogP contribution in [0.25, 0.3) is 5.69 Å². The van der Waals surface area contributed by atoms with Crippen molar-refractivity contribution >= 4 is 17.4 Å². The highest BCUT2D eigenvalue weighted by Gasteiger charge is 2.23. The molecule has 1 heterocycles. The fourth-order valence-electron chi connectivity index (χ4n) is 3.66. The molecule has 1 unspecified atom stereocenters. The normalized spacial score (nSPS) is 11.8. The third-order valence-electron chi connectivity index (χ3n) is 5.79. The second-order valence-electron chi connectivity index (χ2n) is 7.85. The predicted molar refractivity (Wildman–Crippen MR) is 123 cm³/mol. The van der Waals surface area contributed by atoms with Gasteiger partial charge in [-0.2, -0.15) is 5.26 Å². The zero-order chi connectivity index (χ0) is 24.3. The van der Waals surface area contributed by atoms with Crippen LogP contribution in [0.1, 0.15) is 35.3 Å². The van der Waals surface area contributed by atoms with Gasteiger partial charge in [0.25, 0.3) is 5.69 Å². The quantitative estimate of drug-likeness (QED) is 0.418. The summed E-state index contributed by atoms with van der Waals surface area (Å²) in [7, 11) is 1.74. The summed E-state index contributed by atoms with van der Waals surface area (Å²) in [6, 6.07) is 13.9. The molecule has 0 bridgehead atoms. The molecule has 0 spiro atoms. The fraction of sp³-hybridized carbons (Fsp3) is 0.250. The Bertz CT molecular complexity index is 1240. The Kier molecular flexibility index (Phi) is 6.89. The first kappa shape index (κ1) is 23.6. The number of aromatic nitrogens is 1. The summed E-state index contributed by atoms with van der Waals surface area (Å²) in [5.41, 5.74) is 3.12. The van der Waals surface area contributed by atoms with Crippen LogP contribution in [-0.4, -0.2) is 33.9 Å². The van der Waals surface area contributed by atoms with E-state index in [0.717, 1.165) is 11.3 Å². The van der Waals surface area contributed by atoms with Crippen LogP contribution in [0.4, 0.5) is 15.9 Å². The van der Waals surface area contributed by atoms with E-state index in [0.29, 0.717) is 22.6 Å². The lowest BCUT2D eigenvalue weighted by molar-refractivity contribution is -0.384. The summed E-state index contributed by atoms with van der Waals surface area (Å²) in [5.74, 6) is -0.421. The number of hydrogen-bond donors (Lipinski definition) is 1. The largest absolute Gasteiger partial charge is 0.310 e. The molecule has 1 amide bonds. The number of benzene rings is 2. The van der Waals surface area contributed by atoms with E-state index in [9.17, 15) is 24.6 Å². The molecule has 1 N–H and O–H groups in total. The van der Waals surface area contributed by atoms with Crippen LogP contribution in [0.15, 0.2) is 48.5 Å². The molecule has 170 valence electrons. The molecule has 1 atom stereocenters. The number of carbonyl (C=O) groups is 1. The van der Waals surface area contributed by atoms with Gasteiger partial charge in [0, 0.05) is 29.6 Å². The lowest BCUT2D eigenvalue weighted by Crippen LogP contribution is -2.32. The second kappa shape index (κ2) is 9.63. The molecule has 0 saturated heterocycles. The maximum atomic E-state index is 13.4. The van der Waals surface area contributed by atoms with Gasteiger partial charge in [-0.3, -0.25) is 24.4 Å². The van der Waals surface area contributed by atoms with Crippen molar-refractivity contribution in [3.05, 3.63) is 86.8 Å². The average molecular weight is 449 g/mol. The van der Waals surface area contributed by atoms with Crippen LogP contribution in [0.3, 0.4) is 0 Å². The molecular formula is C24H24FN5O3. The van der Waals surface area contributed by atoms with E-state index in [2.05, 4.69) is 11.4 Å². The summed E-state index contributed by atoms with van der Waals surface area (Å²) in [5, 5.41) is 23.6. The first-order chi connectivity index (χ1) is 15.6. The van der Waals surface area contributed by atoms with Crippen LogP contribution >= 0.6 is 0 Å². The van der Waals surface area contributed by atoms with Gasteiger partial charge in [-0.05, 0) is 63.2 Å². The van der Waals surface area contributed by atoms with E-state index in [-0.39, 0.29) is 30.0 Å². The number of nitrogens with zero attached hydrogens (tertiary/aromatic N) is 4. The first-order valence-electron chi connectivity index (χ1n) is 10.3. The second-order valence-corrected chi connectivity index (χ2v) is 7.85. The molecule has 0 aliphatic heterocycles. The van der Waals surface area contributed by atoms with Crippen molar-refractivity contribution < 1.29 is 14.1 Å². The van der Waals surface area contributed by atoms with Crippen molar-refractivity contribution in [2.75, 3.05) is 18.9 Å². The summed E-state index contributed by atoms with van der Waals surface area (Å²) in [6.45, 7) is 5.45. The van der Waals surface area contributed by atoms with Gasteiger partial charge >= 0.3 is 0 Å². The highest BCUT2D eigenvalue weighted by molar-refractivity contribution is 5.93. The van der Waals surface area contributed by atoms with E-state index in [1.54, 1.807) is 47.7 Å². The highest BCUT2D eigenvalue weighted by Crippen LogP contribution is 2.30. The number of nitro benzene ring substituents is 1. The Hall–Kier alpha value is -4.03. The van der Waals surface area contributed by atoms with Gasteiger partial charge in [-0.25, -0.2) is 4.39 Å². The van der Waals surface area contributed by atoms with Crippen LogP contribution < -0.4 is 5.32 Å². The number of hydrogen-bond acceptors (Lipinski definition) is 5. The van der Waals surface area contributed by atoms with E-state index < -0.39 is 4.92 Å². The Morgan fingerprint density at radius 2 is 1.94 bits per heavy atom. The van der Waals surface area contributed by atoms with Gasteiger partial charge in [0.2, 0.25) is 5.91 Å². The van der Waals surface area contributed by atoms with Crippen molar-refractivity contribution in [3.8, 4) is 11.8 Å². The number of amides is 1. The van der Waals surface area contributed by atoms with Crippen molar-refractivity contribution in [1.29, 1.82) is 5.26 Å². The first-order valence-corrected chi connectivity index (χ1v) is 10.3. The average Bonchev–Trinajstić information content (AvgIpc) is 3.02. The molecule has 0 saturated carbocycles. The maximum absolute atomic E-state index is 13.4. The standard InChI is InChI=1S/C24H24FN5O3/c1-15-16(2)29(20-10-8-19(25)9-11-20)24(22(15)13-26)27-23(31)14-28(4)17(3)18-6-5-7-21(12-18)30(32)33/h5-12,17H,14H2,1-4H3,(H,27,31). The zero-order valence-corrected chi connectivity index (χ0v) is 18.8. The van der Waals surface area contributed by atoms with Crippen LogP contribution in [0.5, 0.6) is 0 Å². The van der Waals surface area contributed by atoms with Crippen LogP contribution in [-0.2, 0) is 4.79 Å². The zero-order valence-electron chi connectivity index (χ0n) is 18.8. The van der Waals surface area contributed by atoms with E-state index >= 15 is 0 Å². The molecule has 0 radical (unpaired) electrons. The third-order valence-corrected chi connectivity index (χ3v) is 5.79. The lowest BCUT2D eigenvalue weighted by Gasteiger charge is -2.24. The SMILES string of the molecule is Cc1c(C#N)c(NC(=O)CN(C)C(C)c2cccc([N+](=O)[O-])c2)n(-c2ccc(F)cc2)c1C. The number of anilines is 1. The molecule has 2 aromatic carbocycles. The number of non-ortho nitro benzene ring substituents is 1. The number of nitriles is 1. The number of carbonyl (C=O) groups excluding carboxylic acids is 1. The lowest BCUT2D eigenvalue weighted by atomic mass is 10.1. The summed E-state index contributed by atoms with van der Waals surface area (Å²) in [4.78, 5) is 25.3. The van der Waals surface area contributed by atoms with Gasteiger partial charge < -0.3 is 5.32 Å². The molecule has 0 aliphatic carbocycles. The smallest absolute Gasteiger partial charge is 0.269 e. The third kappa shape index (κ3) is 4.91. The van der Waals surface area contributed by atoms with Gasteiger partial charge in [0.1, 0.15) is 17.7 Å². The maximum Gasteiger partial charge on any atom is 0.269 e. The molecule has 33 heavy (non-hydrogen) atoms. The Morgan fingerprint density at radius 1 is 1.27 bits per heavy atom. The predicted octanol–water partition coefficient (Wildman–Crippen LogP) is 4.64. The number of nitro groups is 1. The summed E-state index contributed by atoms with van der Waals surface area (Å²) < 4.78 is 15.1. The fourth-order valence-corrected chi connectivity index (χ4v) is 3.66. The molecule has 3 rings (SSSR count). The Morgan fingerprint density at radius 3 is 2.55 bits per heavy atom. The molecule has 3 aromatic rings. The van der Waals surface area contributed by atoms with Gasteiger partial charge in [-0.15, -0.1) is 0 Å². The molecule has 8 nitrogen and oxygen atoms in total. The summed E-state index contributed by atoms with van der Waals surface area (Å²) >= 11 is 0. The van der Waals surface area contributed by atoms with Crippen molar-refractivity contribution in [1.82, 2.24) is 9.47 Å². The molecule has 1 aromatic heterocycles. The van der Waals surface area contributed by atoms with Gasteiger partial charge in [0.15, 0.2) is 0 Å². The minimum Gasteiger partial charge on any atom is -0.310 e. The van der Waals surface area contributed by atoms with Crippen molar-refractivity contribution in [2.24, 2.45) is 0 Å². The van der Waals surface area contributed by atoms with E-state index in [1.165, 1.54) is 24.3 Å². The van der Waals surface area contributed by atoms with Crippen LogP contribution in [0.2, 0.25) is 0 Å². The highest BCUT2D eigenvalue weighted by atomic mass is 19.1. The van der Waals surface area contributed by atoms with E-state index in [4.69, 9.17) is 0 Å². The Balaban J connectivity index is 1.85. The molecule has 0 aliphatic rings. The van der Waals surface area contributed by atoms with Crippen molar-refractivity contribution in [2.45, 2.75) is 26.8 Å². The van der Waals surface area contributed by atoms with Crippen molar-refractivity contribution in [3.63, 3.8) is 0 Å². The molecule has 0 fully saturated rings.